The van der Waals surface area contributed by atoms with E-state index in [1.807, 2.05) is 36.6 Å². The van der Waals surface area contributed by atoms with E-state index in [4.69, 9.17) is 0 Å². The Bertz CT molecular complexity index is 998. The Kier molecular flexibility index (Phi) is 5.52. The van der Waals surface area contributed by atoms with E-state index in [0.29, 0.717) is 16.4 Å². The van der Waals surface area contributed by atoms with Crippen molar-refractivity contribution < 1.29 is 14.7 Å². The molecule has 0 fully saturated rings. The van der Waals surface area contributed by atoms with E-state index in [1.165, 1.54) is 24.3 Å². The molecule has 6 nitrogen and oxygen atoms in total. The molecule has 0 unspecified atom stereocenters. The molecule has 7 heteroatoms. The Morgan fingerprint density at radius 2 is 1.96 bits per heavy atom. The Labute approximate surface area is 160 Å². The van der Waals surface area contributed by atoms with Crippen LogP contribution in [-0.2, 0) is 16.0 Å². The molecule has 3 N–H and O–H groups in total. The molecule has 3 rings (SSSR count). The zero-order chi connectivity index (χ0) is 19.4. The maximum Gasteiger partial charge on any atom is 0.231 e. The van der Waals surface area contributed by atoms with Gasteiger partial charge in [-0.3, -0.25) is 9.59 Å². The minimum atomic E-state index is -0.269. The maximum absolute atomic E-state index is 12.2. The largest absolute Gasteiger partial charge is 0.506 e. The number of carbonyl (C=O) groups excluding carboxylic acids is 2. The van der Waals surface area contributed by atoms with E-state index >= 15 is 0 Å². The van der Waals surface area contributed by atoms with Gasteiger partial charge >= 0.3 is 0 Å². The molecule has 0 saturated heterocycles. The molecule has 27 heavy (non-hydrogen) atoms. The van der Waals surface area contributed by atoms with Gasteiger partial charge in [0, 0.05) is 23.6 Å². The van der Waals surface area contributed by atoms with Crippen molar-refractivity contribution >= 4 is 34.5 Å². The van der Waals surface area contributed by atoms with Crippen molar-refractivity contribution in [1.29, 1.82) is 0 Å². The first-order valence-electron chi connectivity index (χ1n) is 8.32. The summed E-state index contributed by atoms with van der Waals surface area (Å²) < 4.78 is 0. The lowest BCUT2D eigenvalue weighted by Gasteiger charge is -2.07. The Hall–Kier alpha value is -3.19. The summed E-state index contributed by atoms with van der Waals surface area (Å²) in [5.41, 5.74) is 3.59. The second-order valence-electron chi connectivity index (χ2n) is 6.13. The molecule has 0 radical (unpaired) electrons. The summed E-state index contributed by atoms with van der Waals surface area (Å²) in [5.74, 6) is -0.415. The number of hydrogen-bond acceptors (Lipinski definition) is 5. The minimum Gasteiger partial charge on any atom is -0.506 e. The molecular formula is C20H19N3O3S. The number of anilines is 2. The number of aryl methyl sites for hydroxylation is 1. The van der Waals surface area contributed by atoms with Gasteiger partial charge in [-0.15, -0.1) is 11.3 Å². The number of phenols is 1. The third-order valence-electron chi connectivity index (χ3n) is 3.77. The van der Waals surface area contributed by atoms with Crippen molar-refractivity contribution in [3.63, 3.8) is 0 Å². The molecule has 3 aromatic rings. The van der Waals surface area contributed by atoms with Crippen LogP contribution in [0.5, 0.6) is 5.75 Å². The van der Waals surface area contributed by atoms with E-state index in [0.717, 1.165) is 16.8 Å². The van der Waals surface area contributed by atoms with Crippen molar-refractivity contribution in [2.45, 2.75) is 20.3 Å². The van der Waals surface area contributed by atoms with Crippen LogP contribution in [0.25, 0.3) is 11.3 Å². The van der Waals surface area contributed by atoms with Crippen LogP contribution >= 0.6 is 11.3 Å². The quantitative estimate of drug-likeness (QED) is 0.583. The summed E-state index contributed by atoms with van der Waals surface area (Å²) in [6, 6.07) is 12.5. The predicted octanol–water partition coefficient (Wildman–Crippen LogP) is 3.96. The zero-order valence-electron chi connectivity index (χ0n) is 14.9. The molecule has 0 atom stereocenters. The van der Waals surface area contributed by atoms with Gasteiger partial charge in [0.1, 0.15) is 10.8 Å². The molecule has 1 aromatic heterocycles. The lowest BCUT2D eigenvalue weighted by Crippen LogP contribution is -2.14. The standard InChI is InChI=1S/C20H19N3O3S/c1-12-4-3-5-15(8-12)22-19(26)10-20-23-17(11-27-20)14-6-7-18(25)16(9-14)21-13(2)24/h3-9,11,25H,10H2,1-2H3,(H,21,24)(H,22,26). The van der Waals surface area contributed by atoms with E-state index in [9.17, 15) is 14.7 Å². The summed E-state index contributed by atoms with van der Waals surface area (Å²) in [7, 11) is 0. The van der Waals surface area contributed by atoms with Crippen molar-refractivity contribution in [2.24, 2.45) is 0 Å². The number of aromatic hydroxyl groups is 1. The summed E-state index contributed by atoms with van der Waals surface area (Å²) in [6.07, 6.45) is 0.176. The first-order chi connectivity index (χ1) is 12.9. The second-order valence-corrected chi connectivity index (χ2v) is 7.08. The summed E-state index contributed by atoms with van der Waals surface area (Å²) in [4.78, 5) is 28.0. The smallest absolute Gasteiger partial charge is 0.231 e. The number of benzene rings is 2. The molecule has 0 saturated carbocycles. The first-order valence-corrected chi connectivity index (χ1v) is 9.20. The first kappa shape index (κ1) is 18.6. The van der Waals surface area contributed by atoms with E-state index in [1.54, 1.807) is 12.1 Å². The van der Waals surface area contributed by atoms with Gasteiger partial charge in [0.05, 0.1) is 17.8 Å². The zero-order valence-corrected chi connectivity index (χ0v) is 15.8. The normalized spacial score (nSPS) is 10.4. The highest BCUT2D eigenvalue weighted by atomic mass is 32.1. The van der Waals surface area contributed by atoms with E-state index in [-0.39, 0.29) is 24.0 Å². The topological polar surface area (TPSA) is 91.3 Å². The number of nitrogens with zero attached hydrogens (tertiary/aromatic N) is 1. The van der Waals surface area contributed by atoms with Crippen LogP contribution in [0.3, 0.4) is 0 Å². The van der Waals surface area contributed by atoms with Gasteiger partial charge in [-0.2, -0.15) is 0 Å². The number of thiazole rings is 1. The maximum atomic E-state index is 12.2. The molecule has 2 aromatic carbocycles. The summed E-state index contributed by atoms with van der Waals surface area (Å²) in [6.45, 7) is 3.34. The van der Waals surface area contributed by atoms with Gasteiger partial charge in [0.2, 0.25) is 11.8 Å². The molecular weight excluding hydrogens is 362 g/mol. The lowest BCUT2D eigenvalue weighted by molar-refractivity contribution is -0.116. The van der Waals surface area contributed by atoms with E-state index < -0.39 is 0 Å². The van der Waals surface area contributed by atoms with Gasteiger partial charge in [0.15, 0.2) is 0 Å². The Balaban J connectivity index is 1.71. The van der Waals surface area contributed by atoms with Gasteiger partial charge in [-0.25, -0.2) is 4.98 Å². The highest BCUT2D eigenvalue weighted by Gasteiger charge is 2.12. The van der Waals surface area contributed by atoms with Crippen LogP contribution < -0.4 is 10.6 Å². The third-order valence-corrected chi connectivity index (χ3v) is 4.62. The molecule has 0 aliphatic rings. The summed E-state index contributed by atoms with van der Waals surface area (Å²) >= 11 is 1.39. The molecule has 1 heterocycles. The highest BCUT2D eigenvalue weighted by Crippen LogP contribution is 2.30. The second kappa shape index (κ2) is 8.01. The van der Waals surface area contributed by atoms with Crippen LogP contribution in [0, 0.1) is 6.92 Å². The monoisotopic (exact) mass is 381 g/mol. The number of carbonyl (C=O) groups is 2. The molecule has 0 bridgehead atoms. The summed E-state index contributed by atoms with van der Waals surface area (Å²) in [5, 5.41) is 17.8. The number of amides is 2. The molecule has 138 valence electrons. The molecule has 0 aliphatic heterocycles. The van der Waals surface area contributed by atoms with Crippen LogP contribution in [0.15, 0.2) is 47.8 Å². The van der Waals surface area contributed by atoms with Gasteiger partial charge in [-0.1, -0.05) is 12.1 Å². The third kappa shape index (κ3) is 4.92. The number of hydrogen-bond donors (Lipinski definition) is 3. The van der Waals surface area contributed by atoms with Crippen LogP contribution in [0.4, 0.5) is 11.4 Å². The number of phenolic OH excluding ortho intramolecular Hbond substituents is 1. The average molecular weight is 381 g/mol. The van der Waals surface area contributed by atoms with Crippen molar-refractivity contribution in [2.75, 3.05) is 10.6 Å². The fourth-order valence-electron chi connectivity index (χ4n) is 2.58. The lowest BCUT2D eigenvalue weighted by atomic mass is 10.1. The van der Waals surface area contributed by atoms with E-state index in [2.05, 4.69) is 15.6 Å². The fourth-order valence-corrected chi connectivity index (χ4v) is 3.38. The SMILES string of the molecule is CC(=O)Nc1cc(-c2csc(CC(=O)Nc3cccc(C)c3)n2)ccc1O. The van der Waals surface area contributed by atoms with Crippen LogP contribution in [-0.4, -0.2) is 21.9 Å². The van der Waals surface area contributed by atoms with Gasteiger partial charge in [-0.05, 0) is 42.8 Å². The molecule has 0 spiro atoms. The predicted molar refractivity (Wildman–Crippen MR) is 107 cm³/mol. The Morgan fingerprint density at radius 3 is 2.70 bits per heavy atom. The minimum absolute atomic E-state index is 0.0121. The Morgan fingerprint density at radius 1 is 1.15 bits per heavy atom. The number of rotatable bonds is 5. The highest BCUT2D eigenvalue weighted by molar-refractivity contribution is 7.10. The average Bonchev–Trinajstić information content (AvgIpc) is 3.04. The fraction of sp³-hybridized carbons (Fsp3) is 0.150. The van der Waals surface area contributed by atoms with Gasteiger partial charge < -0.3 is 15.7 Å². The van der Waals surface area contributed by atoms with Gasteiger partial charge in [0.25, 0.3) is 0 Å². The molecule has 2 amide bonds. The van der Waals surface area contributed by atoms with Crippen molar-refractivity contribution in [1.82, 2.24) is 4.98 Å². The van der Waals surface area contributed by atoms with Crippen LogP contribution in [0.2, 0.25) is 0 Å². The number of nitrogens with one attached hydrogen (secondary N) is 2. The van der Waals surface area contributed by atoms with Crippen molar-refractivity contribution in [3.05, 3.63) is 58.4 Å². The van der Waals surface area contributed by atoms with Crippen molar-refractivity contribution in [3.8, 4) is 17.0 Å². The molecule has 0 aliphatic carbocycles. The number of aromatic nitrogens is 1. The van der Waals surface area contributed by atoms with Crippen LogP contribution in [0.1, 0.15) is 17.5 Å².